The Morgan fingerprint density at radius 2 is 1.93 bits per heavy atom. The fourth-order valence-electron chi connectivity index (χ4n) is 4.93. The molecule has 0 spiro atoms. The summed E-state index contributed by atoms with van der Waals surface area (Å²) in [4.78, 5) is 34.1. The molecule has 1 aromatic rings. The van der Waals surface area contributed by atoms with Crippen molar-refractivity contribution in [1.82, 2.24) is 25.4 Å². The Kier molecular flexibility index (Phi) is 6.29. The Morgan fingerprint density at radius 1 is 1.24 bits per heavy atom. The number of nitrogens with one attached hydrogen (secondary N) is 2. The van der Waals surface area contributed by atoms with Crippen molar-refractivity contribution in [3.05, 3.63) is 30.1 Å². The van der Waals surface area contributed by atoms with E-state index in [1.807, 2.05) is 30.1 Å². The molecule has 2 N–H and O–H groups in total. The smallest absolute Gasteiger partial charge is 0.237 e. The third kappa shape index (κ3) is 5.54. The van der Waals surface area contributed by atoms with Gasteiger partial charge in [-0.1, -0.05) is 6.07 Å². The standard InChI is InChI=1S/C22H35N5O2/c1-21(2)13-17(14-22(3,4)25-21)26(5)19(28)12-18-20(29)24-10-11-27(18)15-16-8-6-7-9-23-16/h6-9,17-18,25H,10-15H2,1-5H3,(H,24,29). The Balaban J connectivity index is 1.68. The van der Waals surface area contributed by atoms with E-state index in [-0.39, 0.29) is 35.4 Å². The predicted octanol–water partition coefficient (Wildman–Crippen LogP) is 1.54. The number of piperidine rings is 1. The number of carbonyl (C=O) groups excluding carboxylic acids is 2. The quantitative estimate of drug-likeness (QED) is 0.783. The molecule has 2 aliphatic heterocycles. The monoisotopic (exact) mass is 401 g/mol. The van der Waals surface area contributed by atoms with E-state index in [2.05, 4.69) is 48.2 Å². The molecule has 0 radical (unpaired) electrons. The van der Waals surface area contributed by atoms with E-state index in [9.17, 15) is 9.59 Å². The fraction of sp³-hybridized carbons (Fsp3) is 0.682. The van der Waals surface area contributed by atoms with Crippen LogP contribution in [0.15, 0.2) is 24.4 Å². The van der Waals surface area contributed by atoms with Gasteiger partial charge >= 0.3 is 0 Å². The summed E-state index contributed by atoms with van der Waals surface area (Å²) in [6.07, 6.45) is 3.74. The van der Waals surface area contributed by atoms with E-state index in [0.29, 0.717) is 13.1 Å². The highest BCUT2D eigenvalue weighted by atomic mass is 16.2. The van der Waals surface area contributed by atoms with Crippen LogP contribution in [0, 0.1) is 0 Å². The zero-order chi connectivity index (χ0) is 21.2. The van der Waals surface area contributed by atoms with Gasteiger partial charge in [-0.3, -0.25) is 19.5 Å². The molecule has 0 saturated carbocycles. The molecule has 1 atom stereocenters. The summed E-state index contributed by atoms with van der Waals surface area (Å²) in [7, 11) is 1.88. The topological polar surface area (TPSA) is 77.6 Å². The van der Waals surface area contributed by atoms with Crippen LogP contribution in [0.2, 0.25) is 0 Å². The average molecular weight is 402 g/mol. The molecule has 0 aliphatic carbocycles. The number of aromatic nitrogens is 1. The first-order chi connectivity index (χ1) is 13.6. The molecule has 7 heteroatoms. The van der Waals surface area contributed by atoms with Crippen LogP contribution in [-0.2, 0) is 16.1 Å². The van der Waals surface area contributed by atoms with Crippen LogP contribution in [0.1, 0.15) is 52.7 Å². The molecule has 0 aromatic carbocycles. The SMILES string of the molecule is CN(C(=O)CC1C(=O)NCCN1Cc1ccccn1)C1CC(C)(C)NC(C)(C)C1. The molecular weight excluding hydrogens is 366 g/mol. The number of hydrogen-bond acceptors (Lipinski definition) is 5. The molecule has 3 rings (SSSR count). The highest BCUT2D eigenvalue weighted by Gasteiger charge is 2.41. The molecule has 29 heavy (non-hydrogen) atoms. The van der Waals surface area contributed by atoms with Crippen LogP contribution in [0.4, 0.5) is 0 Å². The van der Waals surface area contributed by atoms with Crippen LogP contribution >= 0.6 is 0 Å². The van der Waals surface area contributed by atoms with E-state index < -0.39 is 6.04 Å². The van der Waals surface area contributed by atoms with Gasteiger partial charge < -0.3 is 15.5 Å². The number of rotatable bonds is 5. The molecule has 2 saturated heterocycles. The van der Waals surface area contributed by atoms with Crippen molar-refractivity contribution in [2.45, 2.75) is 76.7 Å². The van der Waals surface area contributed by atoms with Crippen LogP contribution < -0.4 is 10.6 Å². The molecule has 2 aliphatic rings. The van der Waals surface area contributed by atoms with Gasteiger partial charge in [0.05, 0.1) is 18.2 Å². The maximum absolute atomic E-state index is 13.2. The van der Waals surface area contributed by atoms with Gasteiger partial charge in [-0.05, 0) is 52.7 Å². The van der Waals surface area contributed by atoms with Crippen molar-refractivity contribution >= 4 is 11.8 Å². The minimum Gasteiger partial charge on any atom is -0.353 e. The largest absolute Gasteiger partial charge is 0.353 e. The average Bonchev–Trinajstić information content (AvgIpc) is 2.62. The van der Waals surface area contributed by atoms with Gasteiger partial charge in [0.25, 0.3) is 0 Å². The molecule has 160 valence electrons. The molecule has 2 amide bonds. The number of nitrogens with zero attached hydrogens (tertiary/aromatic N) is 3. The number of amides is 2. The van der Waals surface area contributed by atoms with Gasteiger partial charge in [0.2, 0.25) is 11.8 Å². The lowest BCUT2D eigenvalue weighted by molar-refractivity contribution is -0.140. The summed E-state index contributed by atoms with van der Waals surface area (Å²) in [5, 5.41) is 6.58. The third-order valence-electron chi connectivity index (χ3n) is 6.01. The lowest BCUT2D eigenvalue weighted by atomic mass is 9.79. The van der Waals surface area contributed by atoms with Crippen molar-refractivity contribution in [1.29, 1.82) is 0 Å². The summed E-state index contributed by atoms with van der Waals surface area (Å²) in [6, 6.07) is 5.48. The second-order valence-corrected chi connectivity index (χ2v) is 9.76. The number of piperazine rings is 1. The second kappa shape index (κ2) is 8.40. The molecule has 1 aromatic heterocycles. The zero-order valence-electron chi connectivity index (χ0n) is 18.4. The number of carbonyl (C=O) groups is 2. The molecule has 3 heterocycles. The lowest BCUT2D eigenvalue weighted by Gasteiger charge is -2.49. The van der Waals surface area contributed by atoms with Crippen molar-refractivity contribution < 1.29 is 9.59 Å². The van der Waals surface area contributed by atoms with Crippen molar-refractivity contribution in [3.63, 3.8) is 0 Å². The predicted molar refractivity (Wildman–Crippen MR) is 113 cm³/mol. The van der Waals surface area contributed by atoms with Crippen LogP contribution in [0.3, 0.4) is 0 Å². The van der Waals surface area contributed by atoms with Crippen LogP contribution in [0.5, 0.6) is 0 Å². The van der Waals surface area contributed by atoms with Gasteiger partial charge in [0, 0.05) is 50.0 Å². The normalized spacial score (nSPS) is 24.7. The first kappa shape index (κ1) is 21.7. The van der Waals surface area contributed by atoms with Gasteiger partial charge in [-0.15, -0.1) is 0 Å². The molecule has 0 bridgehead atoms. The van der Waals surface area contributed by atoms with Crippen molar-refractivity contribution in [2.24, 2.45) is 0 Å². The minimum atomic E-state index is -0.455. The molecule has 7 nitrogen and oxygen atoms in total. The maximum atomic E-state index is 13.2. The minimum absolute atomic E-state index is 0.0246. The summed E-state index contributed by atoms with van der Waals surface area (Å²) in [5.74, 6) is -0.0449. The highest BCUT2D eigenvalue weighted by molar-refractivity contribution is 5.88. The summed E-state index contributed by atoms with van der Waals surface area (Å²) >= 11 is 0. The van der Waals surface area contributed by atoms with E-state index in [1.165, 1.54) is 0 Å². The molecule has 1 unspecified atom stereocenters. The molecule has 2 fully saturated rings. The third-order valence-corrected chi connectivity index (χ3v) is 6.01. The van der Waals surface area contributed by atoms with Crippen molar-refractivity contribution in [2.75, 3.05) is 20.1 Å². The summed E-state index contributed by atoms with van der Waals surface area (Å²) < 4.78 is 0. The van der Waals surface area contributed by atoms with Gasteiger partial charge in [-0.25, -0.2) is 0 Å². The molecular formula is C22H35N5O2. The van der Waals surface area contributed by atoms with Gasteiger partial charge in [0.1, 0.15) is 0 Å². The zero-order valence-corrected chi connectivity index (χ0v) is 18.4. The van der Waals surface area contributed by atoms with Gasteiger partial charge in [0.15, 0.2) is 0 Å². The van der Waals surface area contributed by atoms with E-state index in [4.69, 9.17) is 0 Å². The maximum Gasteiger partial charge on any atom is 0.237 e. The van der Waals surface area contributed by atoms with Crippen molar-refractivity contribution in [3.8, 4) is 0 Å². The Labute approximate surface area is 174 Å². The lowest BCUT2D eigenvalue weighted by Crippen LogP contribution is -2.63. The first-order valence-electron chi connectivity index (χ1n) is 10.5. The number of hydrogen-bond donors (Lipinski definition) is 2. The summed E-state index contributed by atoms with van der Waals surface area (Å²) in [6.45, 7) is 10.6. The van der Waals surface area contributed by atoms with E-state index in [0.717, 1.165) is 25.1 Å². The highest BCUT2D eigenvalue weighted by Crippen LogP contribution is 2.31. The Hall–Kier alpha value is -1.99. The van der Waals surface area contributed by atoms with Crippen LogP contribution in [0.25, 0.3) is 0 Å². The van der Waals surface area contributed by atoms with E-state index >= 15 is 0 Å². The Morgan fingerprint density at radius 3 is 2.55 bits per heavy atom. The number of pyridine rings is 1. The summed E-state index contributed by atoms with van der Waals surface area (Å²) in [5.41, 5.74) is 0.845. The Bertz CT molecular complexity index is 718. The second-order valence-electron chi connectivity index (χ2n) is 9.76. The van der Waals surface area contributed by atoms with Gasteiger partial charge in [-0.2, -0.15) is 0 Å². The van der Waals surface area contributed by atoms with Crippen LogP contribution in [-0.4, -0.2) is 69.9 Å². The van der Waals surface area contributed by atoms with E-state index in [1.54, 1.807) is 6.20 Å². The first-order valence-corrected chi connectivity index (χ1v) is 10.5. The fourth-order valence-corrected chi connectivity index (χ4v) is 4.93.